The standard InChI is InChI=1S/C29H37N/c1-19-9-14-28-20(2)15-22-8-7-21-16-26-11-5-4-10-25(28,3)29(22,17-23(19)28)24(21)30-18-27(26,30)13-6-12-26/h16,20,22,24H,6-15,17-18H2,1-3H3/t20-,22+,24+,25+,26-,27-,28-,29-,30?/m1/s1. The molecular weight excluding hydrogens is 362 g/mol. The average Bonchev–Trinajstić information content (AvgIpc) is 3.17. The van der Waals surface area contributed by atoms with E-state index in [4.69, 9.17) is 0 Å². The maximum atomic E-state index is 3.90. The largest absolute Gasteiger partial charge is 0.286 e. The van der Waals surface area contributed by atoms with Crippen LogP contribution in [0.4, 0.5) is 0 Å². The van der Waals surface area contributed by atoms with E-state index in [1.54, 1.807) is 5.57 Å². The van der Waals surface area contributed by atoms with Crippen molar-refractivity contribution in [3.8, 4) is 11.8 Å². The first kappa shape index (κ1) is 17.5. The monoisotopic (exact) mass is 399 g/mol. The van der Waals surface area contributed by atoms with Crippen LogP contribution in [0.1, 0.15) is 91.4 Å². The van der Waals surface area contributed by atoms with E-state index >= 15 is 0 Å². The molecule has 2 aliphatic heterocycles. The fraction of sp³-hybridized carbons (Fsp3) is 0.793. The van der Waals surface area contributed by atoms with Gasteiger partial charge in [0.05, 0.1) is 0 Å². The van der Waals surface area contributed by atoms with Gasteiger partial charge in [-0.15, -0.1) is 11.8 Å². The molecule has 0 aromatic heterocycles. The number of allylic oxidation sites excluding steroid dienone is 2. The van der Waals surface area contributed by atoms with Crippen molar-refractivity contribution in [3.63, 3.8) is 0 Å². The van der Waals surface area contributed by atoms with Gasteiger partial charge in [-0.05, 0) is 75.5 Å². The topological polar surface area (TPSA) is 3.01 Å². The highest BCUT2D eigenvalue weighted by Gasteiger charge is 2.81. The second-order valence-corrected chi connectivity index (χ2v) is 13.1. The van der Waals surface area contributed by atoms with Crippen molar-refractivity contribution in [1.82, 2.24) is 4.90 Å². The molecular formula is C29H37N. The van der Waals surface area contributed by atoms with E-state index in [-0.39, 0.29) is 0 Å². The lowest BCUT2D eigenvalue weighted by Gasteiger charge is -2.67. The van der Waals surface area contributed by atoms with Crippen LogP contribution in [0.2, 0.25) is 0 Å². The number of rotatable bonds is 0. The minimum absolute atomic E-state index is 0.353. The summed E-state index contributed by atoms with van der Waals surface area (Å²) >= 11 is 0. The summed E-state index contributed by atoms with van der Waals surface area (Å²) in [6.07, 6.45) is 17.9. The molecule has 4 saturated carbocycles. The van der Waals surface area contributed by atoms with Gasteiger partial charge in [-0.25, -0.2) is 0 Å². The Bertz CT molecular complexity index is 1020. The van der Waals surface area contributed by atoms with Crippen LogP contribution < -0.4 is 0 Å². The van der Waals surface area contributed by atoms with E-state index in [2.05, 4.69) is 43.6 Å². The molecule has 8 rings (SSSR count). The normalized spacial score (nSPS) is 61.0. The quantitative estimate of drug-likeness (QED) is 0.264. The molecule has 0 N–H and O–H groups in total. The molecule has 1 unspecified atom stereocenters. The van der Waals surface area contributed by atoms with Crippen LogP contribution in [0.25, 0.3) is 0 Å². The Balaban J connectivity index is 1.46. The molecule has 2 heterocycles. The third kappa shape index (κ3) is 1.43. The van der Waals surface area contributed by atoms with Gasteiger partial charge in [-0.2, -0.15) is 0 Å². The van der Waals surface area contributed by atoms with Gasteiger partial charge in [-0.3, -0.25) is 4.90 Å². The molecule has 1 heteroatoms. The zero-order valence-corrected chi connectivity index (χ0v) is 19.2. The molecule has 30 heavy (non-hydrogen) atoms. The zero-order chi connectivity index (χ0) is 20.1. The molecule has 1 saturated heterocycles. The predicted octanol–water partition coefficient (Wildman–Crippen LogP) is 6.26. The van der Waals surface area contributed by atoms with Gasteiger partial charge in [0.15, 0.2) is 0 Å². The van der Waals surface area contributed by atoms with Crippen molar-refractivity contribution in [2.45, 2.75) is 103 Å². The Morgan fingerprint density at radius 1 is 1.10 bits per heavy atom. The summed E-state index contributed by atoms with van der Waals surface area (Å²) in [7, 11) is 0. The summed E-state index contributed by atoms with van der Waals surface area (Å²) in [4.78, 5) is 3.10. The van der Waals surface area contributed by atoms with E-state index in [0.29, 0.717) is 27.2 Å². The van der Waals surface area contributed by atoms with E-state index in [1.807, 2.05) is 11.1 Å². The summed E-state index contributed by atoms with van der Waals surface area (Å²) in [6, 6.07) is 0.739. The van der Waals surface area contributed by atoms with Gasteiger partial charge in [0, 0.05) is 47.2 Å². The van der Waals surface area contributed by atoms with E-state index in [1.165, 1.54) is 64.3 Å². The molecule has 0 amide bonds. The van der Waals surface area contributed by atoms with Gasteiger partial charge >= 0.3 is 0 Å². The SMILES string of the molecule is CC1=C2C[C@]34[C@H]5CCC6=C[C@@]7(CC#CC[C@@]3(C)[C@]2(CC1)[C@H](C)C5)CCC[C@@]71CN1[C@@H]64. The molecule has 0 aromatic rings. The molecule has 4 spiro atoms. The first-order valence-corrected chi connectivity index (χ1v) is 13.1. The number of hydrogen-bond donors (Lipinski definition) is 0. The minimum atomic E-state index is 0.353. The van der Waals surface area contributed by atoms with Crippen molar-refractivity contribution >= 4 is 0 Å². The van der Waals surface area contributed by atoms with Crippen LogP contribution in [0.5, 0.6) is 0 Å². The fourth-order valence-corrected chi connectivity index (χ4v) is 11.9. The molecule has 0 aromatic carbocycles. The maximum Gasteiger partial charge on any atom is 0.0443 e. The maximum absolute atomic E-state index is 3.90. The summed E-state index contributed by atoms with van der Waals surface area (Å²) in [5, 5.41) is 0. The smallest absolute Gasteiger partial charge is 0.0443 e. The van der Waals surface area contributed by atoms with Crippen LogP contribution in [0, 0.1) is 45.3 Å². The summed E-state index contributed by atoms with van der Waals surface area (Å²) in [5.41, 5.74) is 7.71. The molecule has 5 fully saturated rings. The highest BCUT2D eigenvalue weighted by Crippen LogP contribution is 2.84. The van der Waals surface area contributed by atoms with Crippen molar-refractivity contribution in [3.05, 3.63) is 22.8 Å². The highest BCUT2D eigenvalue weighted by atomic mass is 15.4. The Labute approximate surface area is 182 Å². The molecule has 6 aliphatic carbocycles. The van der Waals surface area contributed by atoms with Crippen molar-refractivity contribution in [2.24, 2.45) is 33.5 Å². The molecule has 1 nitrogen and oxygen atoms in total. The van der Waals surface area contributed by atoms with E-state index in [9.17, 15) is 0 Å². The Hall–Kier alpha value is -1.00. The van der Waals surface area contributed by atoms with E-state index < -0.39 is 0 Å². The lowest BCUT2D eigenvalue weighted by molar-refractivity contribution is -0.158. The third-order valence-corrected chi connectivity index (χ3v) is 13.0. The van der Waals surface area contributed by atoms with Crippen LogP contribution in [0.15, 0.2) is 22.8 Å². The number of hydrogen-bond acceptors (Lipinski definition) is 1. The van der Waals surface area contributed by atoms with E-state index in [0.717, 1.165) is 30.7 Å². The second-order valence-electron chi connectivity index (χ2n) is 13.1. The van der Waals surface area contributed by atoms with Crippen LogP contribution >= 0.6 is 0 Å². The Morgan fingerprint density at radius 2 is 1.97 bits per heavy atom. The fourth-order valence-electron chi connectivity index (χ4n) is 11.9. The third-order valence-electron chi connectivity index (χ3n) is 13.0. The lowest BCUT2D eigenvalue weighted by Crippen LogP contribution is -2.65. The molecule has 8 aliphatic rings. The number of nitrogens with zero attached hydrogens (tertiary/aromatic N) is 1. The first-order valence-electron chi connectivity index (χ1n) is 13.1. The molecule has 5 bridgehead atoms. The molecule has 0 radical (unpaired) electrons. The molecule has 9 atom stereocenters. The summed E-state index contributed by atoms with van der Waals surface area (Å²) < 4.78 is 0. The van der Waals surface area contributed by atoms with Gasteiger partial charge < -0.3 is 0 Å². The lowest BCUT2D eigenvalue weighted by atomic mass is 9.39. The molecule has 158 valence electrons. The summed E-state index contributed by atoms with van der Waals surface area (Å²) in [6.45, 7) is 9.27. The van der Waals surface area contributed by atoms with Gasteiger partial charge in [0.2, 0.25) is 0 Å². The zero-order valence-electron chi connectivity index (χ0n) is 19.2. The van der Waals surface area contributed by atoms with Gasteiger partial charge in [0.25, 0.3) is 0 Å². The van der Waals surface area contributed by atoms with Crippen LogP contribution in [-0.4, -0.2) is 23.0 Å². The second kappa shape index (κ2) is 4.83. The first-order chi connectivity index (χ1) is 14.4. The Kier molecular flexibility index (Phi) is 2.83. The van der Waals surface area contributed by atoms with Crippen molar-refractivity contribution in [1.29, 1.82) is 0 Å². The summed E-state index contributed by atoms with van der Waals surface area (Å²) in [5.74, 6) is 9.49. The van der Waals surface area contributed by atoms with Crippen LogP contribution in [0.3, 0.4) is 0 Å². The van der Waals surface area contributed by atoms with Crippen molar-refractivity contribution in [2.75, 3.05) is 6.54 Å². The van der Waals surface area contributed by atoms with Gasteiger partial charge in [-0.1, -0.05) is 43.1 Å². The van der Waals surface area contributed by atoms with Crippen LogP contribution in [-0.2, 0) is 0 Å². The van der Waals surface area contributed by atoms with Gasteiger partial charge in [0.1, 0.15) is 0 Å². The van der Waals surface area contributed by atoms with Crippen molar-refractivity contribution < 1.29 is 0 Å². The highest BCUT2D eigenvalue weighted by molar-refractivity contribution is 5.50. The predicted molar refractivity (Wildman–Crippen MR) is 121 cm³/mol. The average molecular weight is 400 g/mol. The minimum Gasteiger partial charge on any atom is -0.286 e. The Morgan fingerprint density at radius 3 is 2.87 bits per heavy atom.